The van der Waals surface area contributed by atoms with Crippen LogP contribution in [0.15, 0.2) is 4.91 Å². The molecule has 3 rings (SSSR count). The Kier molecular flexibility index (Phi) is 5.24. The number of ether oxygens (including phenoxy) is 3. The zero-order valence-electron chi connectivity index (χ0n) is 13.4. The van der Waals surface area contributed by atoms with E-state index in [0.717, 1.165) is 35.1 Å². The zero-order valence-corrected chi connectivity index (χ0v) is 14.2. The predicted molar refractivity (Wildman–Crippen MR) is 88.2 cm³/mol. The van der Waals surface area contributed by atoms with E-state index >= 15 is 0 Å². The first kappa shape index (κ1) is 16.4. The van der Waals surface area contributed by atoms with Gasteiger partial charge in [0.25, 0.3) is 0 Å². The maximum atomic E-state index is 12.4. The van der Waals surface area contributed by atoms with Crippen LogP contribution in [0.2, 0.25) is 0 Å². The van der Waals surface area contributed by atoms with Crippen LogP contribution < -0.4 is 9.64 Å². The quantitative estimate of drug-likeness (QED) is 0.752. The predicted octanol–water partition coefficient (Wildman–Crippen LogP) is 0.614. The molecule has 1 aliphatic heterocycles. The highest BCUT2D eigenvalue weighted by Gasteiger charge is 2.26. The van der Waals surface area contributed by atoms with Gasteiger partial charge >= 0.3 is 6.01 Å². The van der Waals surface area contributed by atoms with E-state index in [0.29, 0.717) is 38.0 Å². The number of hydrogen-bond donors (Lipinski definition) is 0. The van der Waals surface area contributed by atoms with Crippen molar-refractivity contribution in [3.05, 3.63) is 16.2 Å². The largest absolute Gasteiger partial charge is 0.467 e. The summed E-state index contributed by atoms with van der Waals surface area (Å²) in [5.41, 5.74) is 1.83. The Balaban J connectivity index is 1.90. The summed E-state index contributed by atoms with van der Waals surface area (Å²) < 4.78 is 28.0. The molecule has 2 aliphatic rings. The Morgan fingerprint density at radius 1 is 1.30 bits per heavy atom. The van der Waals surface area contributed by atoms with Crippen molar-refractivity contribution in [3.63, 3.8) is 0 Å². The molecule has 126 valence electrons. The fourth-order valence-corrected chi connectivity index (χ4v) is 3.81. The standard InChI is InChI=1S/C15H21N3O4S/c1-20-7-8-23(19)11-9-12-13(10-11)16-15(21-2)17-14(12)18-3-5-22-6-4-18/h9H,3-8,10H2,1-2H3. The summed E-state index contributed by atoms with van der Waals surface area (Å²) in [5, 5.41) is 0. The fourth-order valence-electron chi connectivity index (χ4n) is 2.68. The molecule has 0 saturated carbocycles. The first-order chi connectivity index (χ1) is 11.2. The van der Waals surface area contributed by atoms with Crippen LogP contribution >= 0.6 is 0 Å². The monoisotopic (exact) mass is 339 g/mol. The van der Waals surface area contributed by atoms with Crippen molar-refractivity contribution in [2.24, 2.45) is 0 Å². The molecule has 0 N–H and O–H groups in total. The average Bonchev–Trinajstić information content (AvgIpc) is 3.03. The number of allylic oxidation sites excluding steroid dienone is 1. The molecule has 2 heterocycles. The van der Waals surface area contributed by atoms with E-state index in [1.165, 1.54) is 0 Å². The SMILES string of the molecule is COCCS(=O)C1=Cc2c(nc(OC)nc2N2CCOCC2)C1. The molecule has 1 atom stereocenters. The van der Waals surface area contributed by atoms with Gasteiger partial charge in [-0.05, 0) is 6.08 Å². The molecule has 1 aromatic heterocycles. The summed E-state index contributed by atoms with van der Waals surface area (Å²) in [6, 6.07) is 0.350. The van der Waals surface area contributed by atoms with Crippen LogP contribution in [-0.4, -0.2) is 67.1 Å². The molecule has 23 heavy (non-hydrogen) atoms. The van der Waals surface area contributed by atoms with Crippen molar-refractivity contribution in [1.82, 2.24) is 9.97 Å². The molecule has 0 radical (unpaired) electrons. The van der Waals surface area contributed by atoms with Crippen LogP contribution in [0, 0.1) is 0 Å². The van der Waals surface area contributed by atoms with Gasteiger partial charge in [-0.25, -0.2) is 0 Å². The van der Waals surface area contributed by atoms with Gasteiger partial charge < -0.3 is 19.1 Å². The van der Waals surface area contributed by atoms with Crippen molar-refractivity contribution >= 4 is 22.7 Å². The lowest BCUT2D eigenvalue weighted by Gasteiger charge is -2.29. The normalized spacial score (nSPS) is 18.5. The van der Waals surface area contributed by atoms with E-state index in [4.69, 9.17) is 14.2 Å². The summed E-state index contributed by atoms with van der Waals surface area (Å²) in [6.07, 6.45) is 2.53. The molecule has 0 amide bonds. The third-order valence-electron chi connectivity index (χ3n) is 3.89. The number of methoxy groups -OCH3 is 2. The van der Waals surface area contributed by atoms with Gasteiger partial charge in [-0.2, -0.15) is 9.97 Å². The van der Waals surface area contributed by atoms with E-state index < -0.39 is 10.8 Å². The fraction of sp³-hybridized carbons (Fsp3) is 0.600. The average molecular weight is 339 g/mol. The van der Waals surface area contributed by atoms with E-state index in [9.17, 15) is 4.21 Å². The number of hydrogen-bond acceptors (Lipinski definition) is 7. The van der Waals surface area contributed by atoms with Crippen molar-refractivity contribution in [2.75, 3.05) is 57.8 Å². The lowest BCUT2D eigenvalue weighted by atomic mass is 10.2. The number of morpholine rings is 1. The minimum absolute atomic E-state index is 0.350. The minimum Gasteiger partial charge on any atom is -0.467 e. The van der Waals surface area contributed by atoms with E-state index in [-0.39, 0.29) is 0 Å². The van der Waals surface area contributed by atoms with Crippen molar-refractivity contribution < 1.29 is 18.4 Å². The molecule has 0 spiro atoms. The smallest absolute Gasteiger partial charge is 0.318 e. The number of aromatic nitrogens is 2. The maximum absolute atomic E-state index is 12.4. The molecular weight excluding hydrogens is 318 g/mol. The van der Waals surface area contributed by atoms with Crippen LogP contribution in [0.4, 0.5) is 5.82 Å². The number of fused-ring (bicyclic) bond motifs is 1. The van der Waals surface area contributed by atoms with Crippen LogP contribution in [0.1, 0.15) is 11.3 Å². The molecule has 8 heteroatoms. The lowest BCUT2D eigenvalue weighted by Crippen LogP contribution is -2.37. The van der Waals surface area contributed by atoms with Crippen molar-refractivity contribution in [1.29, 1.82) is 0 Å². The molecule has 0 bridgehead atoms. The zero-order chi connectivity index (χ0) is 16.2. The second-order valence-corrected chi connectivity index (χ2v) is 6.95. The Morgan fingerprint density at radius 3 is 2.78 bits per heavy atom. The molecule has 1 fully saturated rings. The highest BCUT2D eigenvalue weighted by Crippen LogP contribution is 2.34. The van der Waals surface area contributed by atoms with Crippen LogP contribution in [0.25, 0.3) is 6.08 Å². The Morgan fingerprint density at radius 2 is 2.09 bits per heavy atom. The van der Waals surface area contributed by atoms with Crippen LogP contribution in [0.5, 0.6) is 6.01 Å². The summed E-state index contributed by atoms with van der Waals surface area (Å²) in [4.78, 5) is 12.0. The summed E-state index contributed by atoms with van der Waals surface area (Å²) in [5.74, 6) is 1.34. The number of anilines is 1. The second-order valence-electron chi connectivity index (χ2n) is 5.32. The number of rotatable bonds is 6. The summed E-state index contributed by atoms with van der Waals surface area (Å²) in [6.45, 7) is 3.39. The van der Waals surface area contributed by atoms with Gasteiger partial charge in [-0.1, -0.05) is 0 Å². The molecule has 1 aliphatic carbocycles. The van der Waals surface area contributed by atoms with Gasteiger partial charge in [0.15, 0.2) is 0 Å². The summed E-state index contributed by atoms with van der Waals surface area (Å²) >= 11 is 0. The number of nitrogens with zero attached hydrogens (tertiary/aromatic N) is 3. The molecule has 0 aromatic carbocycles. The Bertz CT molecular complexity index is 629. The van der Waals surface area contributed by atoms with Crippen molar-refractivity contribution in [3.8, 4) is 6.01 Å². The third kappa shape index (κ3) is 3.54. The molecule has 1 aromatic rings. The van der Waals surface area contributed by atoms with Gasteiger partial charge in [-0.15, -0.1) is 0 Å². The topological polar surface area (TPSA) is 73.8 Å². The first-order valence-corrected chi connectivity index (χ1v) is 8.90. The second kappa shape index (κ2) is 7.37. The third-order valence-corrected chi connectivity index (χ3v) is 5.27. The molecular formula is C15H21N3O4S. The van der Waals surface area contributed by atoms with E-state index in [2.05, 4.69) is 14.9 Å². The van der Waals surface area contributed by atoms with Gasteiger partial charge in [0.05, 0.1) is 49.2 Å². The minimum atomic E-state index is -1.06. The van der Waals surface area contributed by atoms with Crippen molar-refractivity contribution in [2.45, 2.75) is 6.42 Å². The van der Waals surface area contributed by atoms with Gasteiger partial charge in [0.2, 0.25) is 0 Å². The van der Waals surface area contributed by atoms with E-state index in [1.54, 1.807) is 14.2 Å². The maximum Gasteiger partial charge on any atom is 0.318 e. The Labute approximate surface area is 138 Å². The van der Waals surface area contributed by atoms with Crippen LogP contribution in [-0.2, 0) is 26.7 Å². The van der Waals surface area contributed by atoms with E-state index in [1.807, 2.05) is 6.08 Å². The van der Waals surface area contributed by atoms with Gasteiger partial charge in [0, 0.05) is 37.1 Å². The van der Waals surface area contributed by atoms with Crippen LogP contribution in [0.3, 0.4) is 0 Å². The highest BCUT2D eigenvalue weighted by atomic mass is 32.2. The van der Waals surface area contributed by atoms with Gasteiger partial charge in [-0.3, -0.25) is 4.21 Å². The first-order valence-electron chi connectivity index (χ1n) is 7.58. The molecule has 7 nitrogen and oxygen atoms in total. The Hall–Kier alpha value is -1.51. The summed E-state index contributed by atoms with van der Waals surface area (Å²) in [7, 11) is 2.11. The lowest BCUT2D eigenvalue weighted by molar-refractivity contribution is 0.122. The van der Waals surface area contributed by atoms with Gasteiger partial charge in [0.1, 0.15) is 5.82 Å². The highest BCUT2D eigenvalue weighted by molar-refractivity contribution is 7.89. The molecule has 1 saturated heterocycles. The molecule has 1 unspecified atom stereocenters.